The third-order valence-electron chi connectivity index (χ3n) is 4.27. The van der Waals surface area contributed by atoms with E-state index in [0.717, 1.165) is 11.2 Å². The van der Waals surface area contributed by atoms with Crippen molar-refractivity contribution in [2.75, 3.05) is 13.1 Å². The van der Waals surface area contributed by atoms with Crippen LogP contribution in [0.15, 0.2) is 18.3 Å². The zero-order valence-electron chi connectivity index (χ0n) is 12.7. The number of pyridine rings is 1. The average Bonchev–Trinajstić information content (AvgIpc) is 2.82. The van der Waals surface area contributed by atoms with Gasteiger partial charge in [0.25, 0.3) is 5.91 Å². The Morgan fingerprint density at radius 3 is 2.55 bits per heavy atom. The zero-order chi connectivity index (χ0) is 15.9. The number of amides is 1. The summed E-state index contributed by atoms with van der Waals surface area (Å²) < 4.78 is 1.83. The number of carbonyl (C=O) groups excluding carboxylic acids is 1. The van der Waals surface area contributed by atoms with E-state index in [4.69, 9.17) is 5.11 Å². The Bertz CT molecular complexity index is 742. The van der Waals surface area contributed by atoms with Crippen molar-refractivity contribution in [3.63, 3.8) is 0 Å². The topological polar surface area (TPSA) is 74.9 Å². The summed E-state index contributed by atoms with van der Waals surface area (Å²) in [6.45, 7) is 4.77. The van der Waals surface area contributed by atoms with Crippen molar-refractivity contribution >= 4 is 17.5 Å². The highest BCUT2D eigenvalue weighted by Gasteiger charge is 2.29. The molecule has 1 N–H and O–H groups in total. The van der Waals surface area contributed by atoms with Crippen LogP contribution in [0.2, 0.25) is 0 Å². The van der Waals surface area contributed by atoms with Crippen LogP contribution < -0.4 is 0 Å². The molecular formula is C16H19N3O3. The van der Waals surface area contributed by atoms with E-state index < -0.39 is 5.97 Å². The number of aromatic nitrogens is 2. The summed E-state index contributed by atoms with van der Waals surface area (Å²) in [5, 5.41) is 9.05. The number of carbonyl (C=O) groups is 2. The Hall–Kier alpha value is -2.37. The van der Waals surface area contributed by atoms with Crippen LogP contribution in [0.5, 0.6) is 0 Å². The third-order valence-corrected chi connectivity index (χ3v) is 4.27. The minimum atomic E-state index is -0.770. The molecule has 1 aliphatic heterocycles. The Morgan fingerprint density at radius 2 is 1.91 bits per heavy atom. The van der Waals surface area contributed by atoms with Crippen LogP contribution in [0.25, 0.3) is 5.65 Å². The lowest BCUT2D eigenvalue weighted by Crippen LogP contribution is -2.40. The Labute approximate surface area is 128 Å². The van der Waals surface area contributed by atoms with Crippen LogP contribution >= 0.6 is 0 Å². The molecule has 1 amide bonds. The lowest BCUT2D eigenvalue weighted by atomic mass is 9.97. The summed E-state index contributed by atoms with van der Waals surface area (Å²) in [6.07, 6.45) is 2.93. The fraction of sp³-hybridized carbons (Fsp3) is 0.438. The number of carboxylic acid groups (broad SMARTS) is 1. The molecular weight excluding hydrogens is 282 g/mol. The van der Waals surface area contributed by atoms with Crippen molar-refractivity contribution in [3.8, 4) is 0 Å². The molecule has 1 saturated heterocycles. The number of aliphatic carboxylic acids is 1. The molecule has 3 heterocycles. The second-order valence-electron chi connectivity index (χ2n) is 5.89. The zero-order valence-corrected chi connectivity index (χ0v) is 12.7. The maximum absolute atomic E-state index is 12.8. The maximum atomic E-state index is 12.8. The van der Waals surface area contributed by atoms with Crippen molar-refractivity contribution < 1.29 is 14.7 Å². The minimum absolute atomic E-state index is 0.0700. The largest absolute Gasteiger partial charge is 0.481 e. The van der Waals surface area contributed by atoms with Gasteiger partial charge in [0.15, 0.2) is 0 Å². The number of aryl methyl sites for hydroxylation is 2. The highest BCUT2D eigenvalue weighted by atomic mass is 16.4. The van der Waals surface area contributed by atoms with Gasteiger partial charge in [-0.15, -0.1) is 0 Å². The molecule has 22 heavy (non-hydrogen) atoms. The van der Waals surface area contributed by atoms with Gasteiger partial charge < -0.3 is 10.0 Å². The summed E-state index contributed by atoms with van der Waals surface area (Å²) in [7, 11) is 0. The summed E-state index contributed by atoms with van der Waals surface area (Å²) in [5.41, 5.74) is 3.10. The van der Waals surface area contributed by atoms with E-state index in [1.165, 1.54) is 0 Å². The molecule has 6 heteroatoms. The van der Waals surface area contributed by atoms with E-state index in [2.05, 4.69) is 4.98 Å². The summed E-state index contributed by atoms with van der Waals surface area (Å²) in [4.78, 5) is 30.0. The van der Waals surface area contributed by atoms with Gasteiger partial charge in [0, 0.05) is 19.3 Å². The summed E-state index contributed by atoms with van der Waals surface area (Å²) in [6, 6.07) is 3.87. The molecule has 0 spiro atoms. The quantitative estimate of drug-likeness (QED) is 0.919. The van der Waals surface area contributed by atoms with E-state index in [9.17, 15) is 9.59 Å². The molecule has 0 saturated carbocycles. The number of hydrogen-bond acceptors (Lipinski definition) is 3. The minimum Gasteiger partial charge on any atom is -0.481 e. The average molecular weight is 301 g/mol. The first-order valence-electron chi connectivity index (χ1n) is 7.45. The predicted molar refractivity (Wildman–Crippen MR) is 80.9 cm³/mol. The highest BCUT2D eigenvalue weighted by Crippen LogP contribution is 2.21. The van der Waals surface area contributed by atoms with Crippen LogP contribution in [-0.4, -0.2) is 44.4 Å². The lowest BCUT2D eigenvalue weighted by molar-refractivity contribution is -0.143. The third kappa shape index (κ3) is 2.45. The van der Waals surface area contributed by atoms with Crippen LogP contribution in [0.4, 0.5) is 0 Å². The monoisotopic (exact) mass is 301 g/mol. The Kier molecular flexibility index (Phi) is 3.60. The van der Waals surface area contributed by atoms with Crippen molar-refractivity contribution in [2.24, 2.45) is 5.92 Å². The van der Waals surface area contributed by atoms with Crippen molar-refractivity contribution in [3.05, 3.63) is 35.3 Å². The molecule has 0 unspecified atom stereocenters. The van der Waals surface area contributed by atoms with E-state index in [1.54, 1.807) is 4.90 Å². The molecule has 3 rings (SSSR count). The number of likely N-dealkylation sites (tertiary alicyclic amines) is 1. The first-order chi connectivity index (χ1) is 10.5. The standard InChI is InChI=1S/C16H19N3O3/c1-10-3-4-13-17-11(2)14(19(13)9-10)15(20)18-7-5-12(6-8-18)16(21)22/h3-4,9,12H,5-8H2,1-2H3,(H,21,22). The molecule has 0 atom stereocenters. The van der Waals surface area contributed by atoms with E-state index >= 15 is 0 Å². The lowest BCUT2D eigenvalue weighted by Gasteiger charge is -2.30. The molecule has 2 aromatic heterocycles. The number of imidazole rings is 1. The molecule has 116 valence electrons. The number of hydrogen-bond donors (Lipinski definition) is 1. The smallest absolute Gasteiger partial charge is 0.306 e. The Balaban J connectivity index is 1.88. The molecule has 6 nitrogen and oxygen atoms in total. The fourth-order valence-electron chi connectivity index (χ4n) is 3.01. The normalized spacial score (nSPS) is 16.2. The summed E-state index contributed by atoms with van der Waals surface area (Å²) in [5.74, 6) is -1.18. The second-order valence-corrected chi connectivity index (χ2v) is 5.89. The van der Waals surface area contributed by atoms with Gasteiger partial charge in [-0.1, -0.05) is 6.07 Å². The van der Waals surface area contributed by atoms with Crippen molar-refractivity contribution in [2.45, 2.75) is 26.7 Å². The summed E-state index contributed by atoms with van der Waals surface area (Å²) >= 11 is 0. The molecule has 1 fully saturated rings. The van der Waals surface area contributed by atoms with E-state index in [1.807, 2.05) is 36.6 Å². The molecule has 1 aliphatic rings. The molecule has 2 aromatic rings. The van der Waals surface area contributed by atoms with Crippen LogP contribution in [-0.2, 0) is 4.79 Å². The first-order valence-corrected chi connectivity index (χ1v) is 7.45. The predicted octanol–water partition coefficient (Wildman–Crippen LogP) is 1.89. The van der Waals surface area contributed by atoms with Gasteiger partial charge in [0.2, 0.25) is 0 Å². The van der Waals surface area contributed by atoms with Crippen LogP contribution in [0.1, 0.15) is 34.6 Å². The van der Waals surface area contributed by atoms with Crippen LogP contribution in [0, 0.1) is 19.8 Å². The second kappa shape index (κ2) is 5.44. The van der Waals surface area contributed by atoms with Crippen LogP contribution in [0.3, 0.4) is 0 Å². The van der Waals surface area contributed by atoms with E-state index in [0.29, 0.717) is 37.3 Å². The maximum Gasteiger partial charge on any atom is 0.306 e. The van der Waals surface area contributed by atoms with E-state index in [-0.39, 0.29) is 11.8 Å². The van der Waals surface area contributed by atoms with Crippen molar-refractivity contribution in [1.29, 1.82) is 0 Å². The van der Waals surface area contributed by atoms with Gasteiger partial charge in [-0.25, -0.2) is 4.98 Å². The number of fused-ring (bicyclic) bond motifs is 1. The molecule has 0 bridgehead atoms. The molecule has 0 aliphatic carbocycles. The number of nitrogens with zero attached hydrogens (tertiary/aromatic N) is 3. The van der Waals surface area contributed by atoms with Gasteiger partial charge in [0.05, 0.1) is 11.6 Å². The van der Waals surface area contributed by atoms with Crippen molar-refractivity contribution in [1.82, 2.24) is 14.3 Å². The fourth-order valence-corrected chi connectivity index (χ4v) is 3.01. The number of carboxylic acids is 1. The number of rotatable bonds is 2. The Morgan fingerprint density at radius 1 is 1.23 bits per heavy atom. The molecule has 0 aromatic carbocycles. The van der Waals surface area contributed by atoms with Gasteiger partial charge in [-0.05, 0) is 38.3 Å². The van der Waals surface area contributed by atoms with Gasteiger partial charge in [-0.2, -0.15) is 0 Å². The highest BCUT2D eigenvalue weighted by molar-refractivity contribution is 5.94. The van der Waals surface area contributed by atoms with Gasteiger partial charge in [0.1, 0.15) is 11.3 Å². The SMILES string of the molecule is Cc1ccc2nc(C)c(C(=O)N3CCC(C(=O)O)CC3)n2c1. The number of piperidine rings is 1. The van der Waals surface area contributed by atoms with Gasteiger partial charge in [-0.3, -0.25) is 14.0 Å². The van der Waals surface area contributed by atoms with Gasteiger partial charge >= 0.3 is 5.97 Å². The first kappa shape index (κ1) is 14.6. The molecule has 0 radical (unpaired) electrons.